The average Bonchev–Trinajstić information content (AvgIpc) is 2.64. The monoisotopic (exact) mass is 370 g/mol. The van der Waals surface area contributed by atoms with E-state index in [1.54, 1.807) is 16.7 Å². The highest BCUT2D eigenvalue weighted by atomic mass is 32.2. The van der Waals surface area contributed by atoms with Crippen molar-refractivity contribution in [1.29, 1.82) is 5.26 Å². The summed E-state index contributed by atoms with van der Waals surface area (Å²) < 4.78 is 29.4. The Kier molecular flexibility index (Phi) is 4.05. The van der Waals surface area contributed by atoms with Gasteiger partial charge in [0.2, 0.25) is 0 Å². The zero-order valence-corrected chi connectivity index (χ0v) is 14.8. The molecule has 2 N–H and O–H groups in total. The number of anilines is 1. The summed E-state index contributed by atoms with van der Waals surface area (Å²) in [5.41, 5.74) is 0.657. The van der Waals surface area contributed by atoms with Gasteiger partial charge in [-0.3, -0.25) is 9.52 Å². The van der Waals surface area contributed by atoms with Crippen molar-refractivity contribution >= 4 is 15.7 Å². The third-order valence-electron chi connectivity index (χ3n) is 5.05. The van der Waals surface area contributed by atoms with Crippen molar-refractivity contribution in [3.63, 3.8) is 0 Å². The summed E-state index contributed by atoms with van der Waals surface area (Å²) in [4.78, 5) is 12.7. The quantitative estimate of drug-likeness (QED) is 0.846. The van der Waals surface area contributed by atoms with Crippen molar-refractivity contribution < 1.29 is 8.42 Å². The highest BCUT2D eigenvalue weighted by molar-refractivity contribution is 7.92. The molecule has 0 aliphatic carbocycles. The number of pyridine rings is 1. The van der Waals surface area contributed by atoms with Crippen molar-refractivity contribution in [1.82, 2.24) is 9.88 Å². The largest absolute Gasteiger partial charge is 0.316 e. The Hall–Kier alpha value is -2.63. The van der Waals surface area contributed by atoms with E-state index in [1.165, 1.54) is 18.2 Å². The first-order chi connectivity index (χ1) is 12.5. The number of nitriles is 1. The van der Waals surface area contributed by atoms with Crippen LogP contribution in [0.25, 0.3) is 0 Å². The van der Waals surface area contributed by atoms with Crippen molar-refractivity contribution in [3.8, 4) is 6.07 Å². The molecule has 2 aromatic rings. The maximum Gasteiger partial charge on any atom is 0.275 e. The molecule has 1 fully saturated rings. The van der Waals surface area contributed by atoms with Gasteiger partial charge in [-0.2, -0.15) is 5.26 Å². The lowest BCUT2D eigenvalue weighted by molar-refractivity contribution is 0.257. The van der Waals surface area contributed by atoms with E-state index in [-0.39, 0.29) is 27.6 Å². The molecule has 0 saturated carbocycles. The second kappa shape index (κ2) is 6.27. The van der Waals surface area contributed by atoms with E-state index in [9.17, 15) is 13.2 Å². The van der Waals surface area contributed by atoms with Gasteiger partial charge in [0.15, 0.2) is 0 Å². The molecule has 4 rings (SSSR count). The Morgan fingerprint density at radius 3 is 2.81 bits per heavy atom. The molecule has 2 atom stereocenters. The van der Waals surface area contributed by atoms with Gasteiger partial charge < -0.3 is 9.88 Å². The first-order valence-electron chi connectivity index (χ1n) is 8.46. The number of hydrogen-bond donors (Lipinski definition) is 2. The third kappa shape index (κ3) is 2.79. The Balaban J connectivity index is 1.73. The molecule has 0 unspecified atom stereocenters. The van der Waals surface area contributed by atoms with Gasteiger partial charge in [-0.15, -0.1) is 0 Å². The van der Waals surface area contributed by atoms with E-state index in [0.29, 0.717) is 12.5 Å². The molecule has 1 saturated heterocycles. The van der Waals surface area contributed by atoms with Crippen molar-refractivity contribution in [2.75, 3.05) is 17.8 Å². The lowest BCUT2D eigenvalue weighted by Gasteiger charge is -2.37. The predicted octanol–water partition coefficient (Wildman–Crippen LogP) is 1.23. The summed E-state index contributed by atoms with van der Waals surface area (Å²) in [6.07, 6.45) is 1.05. The number of sulfonamides is 1. The van der Waals surface area contributed by atoms with Gasteiger partial charge in [0, 0.05) is 24.7 Å². The topological polar surface area (TPSA) is 104 Å². The van der Waals surface area contributed by atoms with Crippen LogP contribution < -0.4 is 15.6 Å². The maximum absolute atomic E-state index is 12.9. The van der Waals surface area contributed by atoms with E-state index in [0.717, 1.165) is 25.2 Å². The van der Waals surface area contributed by atoms with Gasteiger partial charge in [0.1, 0.15) is 16.7 Å². The first kappa shape index (κ1) is 16.8. The molecule has 3 heterocycles. The molecule has 1 aromatic carbocycles. The Labute approximate surface area is 151 Å². The fourth-order valence-corrected chi connectivity index (χ4v) is 5.08. The smallest absolute Gasteiger partial charge is 0.275 e. The molecule has 0 amide bonds. The van der Waals surface area contributed by atoms with E-state index < -0.39 is 10.0 Å². The van der Waals surface area contributed by atoms with Gasteiger partial charge in [-0.05, 0) is 43.1 Å². The van der Waals surface area contributed by atoms with Crippen LogP contribution in [0, 0.1) is 17.2 Å². The highest BCUT2D eigenvalue weighted by Gasteiger charge is 2.31. The van der Waals surface area contributed by atoms with E-state index >= 15 is 0 Å². The first-order valence-corrected chi connectivity index (χ1v) is 9.94. The van der Waals surface area contributed by atoms with Gasteiger partial charge >= 0.3 is 0 Å². The molecular formula is C18H18N4O3S. The van der Waals surface area contributed by atoms with E-state index in [4.69, 9.17) is 5.26 Å². The number of hydrogen-bond acceptors (Lipinski definition) is 5. The summed E-state index contributed by atoms with van der Waals surface area (Å²) in [7, 11) is -4.02. The Morgan fingerprint density at radius 2 is 2.00 bits per heavy atom. The van der Waals surface area contributed by atoms with E-state index in [2.05, 4.69) is 10.0 Å². The molecule has 2 bridgehead atoms. The lowest BCUT2D eigenvalue weighted by Crippen LogP contribution is -2.45. The van der Waals surface area contributed by atoms with Gasteiger partial charge in [-0.1, -0.05) is 12.1 Å². The highest BCUT2D eigenvalue weighted by Crippen LogP contribution is 2.32. The molecule has 2 aliphatic rings. The minimum atomic E-state index is -4.02. The van der Waals surface area contributed by atoms with Crippen LogP contribution in [0.1, 0.15) is 23.6 Å². The number of nitrogens with zero attached hydrogens (tertiary/aromatic N) is 2. The van der Waals surface area contributed by atoms with Crippen LogP contribution in [0.2, 0.25) is 0 Å². The molecule has 26 heavy (non-hydrogen) atoms. The molecule has 134 valence electrons. The maximum atomic E-state index is 12.9. The normalized spacial score (nSPS) is 21.5. The Morgan fingerprint density at radius 1 is 1.19 bits per heavy atom. The summed E-state index contributed by atoms with van der Waals surface area (Å²) in [5, 5.41) is 12.5. The minimum Gasteiger partial charge on any atom is -0.316 e. The second-order valence-electron chi connectivity index (χ2n) is 6.76. The average molecular weight is 370 g/mol. The zero-order valence-electron chi connectivity index (χ0n) is 14.0. The Bertz CT molecular complexity index is 1070. The van der Waals surface area contributed by atoms with Crippen molar-refractivity contribution in [3.05, 3.63) is 58.0 Å². The predicted molar refractivity (Wildman–Crippen MR) is 96.4 cm³/mol. The number of aromatic nitrogens is 1. The SMILES string of the molecule is N#Cc1ccccc1S(=O)(=O)Nc1ccc2n(c1=O)C[C@@H]1CNC[C@H]2C1. The fraction of sp³-hybridized carbons (Fsp3) is 0.333. The van der Waals surface area contributed by atoms with Crippen LogP contribution in [0.4, 0.5) is 5.69 Å². The molecule has 0 radical (unpaired) electrons. The van der Waals surface area contributed by atoms with Crippen LogP contribution in [0.15, 0.2) is 46.1 Å². The molecule has 8 heteroatoms. The number of benzene rings is 1. The van der Waals surface area contributed by atoms with Gasteiger partial charge in [0.25, 0.3) is 15.6 Å². The number of nitrogens with one attached hydrogen (secondary N) is 2. The molecule has 1 aromatic heterocycles. The molecular weight excluding hydrogens is 352 g/mol. The van der Waals surface area contributed by atoms with Crippen LogP contribution >= 0.6 is 0 Å². The van der Waals surface area contributed by atoms with Crippen molar-refractivity contribution in [2.24, 2.45) is 5.92 Å². The van der Waals surface area contributed by atoms with Gasteiger partial charge in [-0.25, -0.2) is 8.42 Å². The second-order valence-corrected chi connectivity index (χ2v) is 8.41. The van der Waals surface area contributed by atoms with Crippen LogP contribution in [-0.4, -0.2) is 26.1 Å². The molecule has 7 nitrogen and oxygen atoms in total. The zero-order chi connectivity index (χ0) is 18.3. The van der Waals surface area contributed by atoms with Crippen LogP contribution in [0.3, 0.4) is 0 Å². The number of piperidine rings is 1. The minimum absolute atomic E-state index is 0.00873. The third-order valence-corrected chi connectivity index (χ3v) is 6.47. The standard InChI is InChI=1S/C18H18N4O3S/c19-8-13-3-1-2-4-17(13)26(24,25)21-15-5-6-16-14-7-12(9-20-10-14)11-22(16)18(15)23/h1-6,12,14,20-21H,7,9-11H2/t12-,14+/m0/s1. The van der Waals surface area contributed by atoms with Crippen LogP contribution in [-0.2, 0) is 16.6 Å². The number of fused-ring (bicyclic) bond motifs is 4. The van der Waals surface area contributed by atoms with Crippen molar-refractivity contribution in [2.45, 2.75) is 23.8 Å². The molecule has 2 aliphatic heterocycles. The lowest BCUT2D eigenvalue weighted by atomic mass is 9.84. The van der Waals surface area contributed by atoms with Gasteiger partial charge in [0.05, 0.1) is 5.56 Å². The fourth-order valence-electron chi connectivity index (χ4n) is 3.86. The molecule has 0 spiro atoms. The summed E-state index contributed by atoms with van der Waals surface area (Å²) in [6.45, 7) is 2.28. The number of rotatable bonds is 3. The van der Waals surface area contributed by atoms with Crippen LogP contribution in [0.5, 0.6) is 0 Å². The summed E-state index contributed by atoms with van der Waals surface area (Å²) >= 11 is 0. The van der Waals surface area contributed by atoms with E-state index in [1.807, 2.05) is 12.1 Å². The summed E-state index contributed by atoms with van der Waals surface area (Å²) in [6, 6.07) is 11.1. The summed E-state index contributed by atoms with van der Waals surface area (Å²) in [5.74, 6) is 0.658.